The van der Waals surface area contributed by atoms with Gasteiger partial charge in [0.25, 0.3) is 5.91 Å². The van der Waals surface area contributed by atoms with Crippen molar-refractivity contribution in [2.45, 2.75) is 45.7 Å². The van der Waals surface area contributed by atoms with Crippen molar-refractivity contribution in [1.82, 2.24) is 10.3 Å². The summed E-state index contributed by atoms with van der Waals surface area (Å²) >= 11 is 1.35. The third kappa shape index (κ3) is 3.65. The molecule has 1 aromatic rings. The number of nitrogens with one attached hydrogen (secondary N) is 1. The van der Waals surface area contributed by atoms with Gasteiger partial charge in [-0.05, 0) is 19.3 Å². The molecule has 3 atom stereocenters. The smallest absolute Gasteiger partial charge is 0.265 e. The van der Waals surface area contributed by atoms with Crippen LogP contribution in [0.1, 0.15) is 43.3 Å². The highest BCUT2D eigenvalue weighted by molar-refractivity contribution is 7.18. The van der Waals surface area contributed by atoms with Crippen molar-refractivity contribution in [3.8, 4) is 0 Å². The van der Waals surface area contributed by atoms with Crippen LogP contribution >= 0.6 is 11.3 Å². The number of thiazole rings is 1. The van der Waals surface area contributed by atoms with Crippen LogP contribution in [0.4, 0.5) is 10.9 Å². The van der Waals surface area contributed by atoms with E-state index in [4.69, 9.17) is 11.5 Å². The number of anilines is 2. The van der Waals surface area contributed by atoms with E-state index in [1.54, 1.807) is 0 Å². The van der Waals surface area contributed by atoms with E-state index in [0.717, 1.165) is 31.1 Å². The summed E-state index contributed by atoms with van der Waals surface area (Å²) in [5.74, 6) is 0.607. The van der Waals surface area contributed by atoms with Crippen LogP contribution in [-0.4, -0.2) is 36.1 Å². The van der Waals surface area contributed by atoms with Crippen LogP contribution in [0.2, 0.25) is 0 Å². The van der Waals surface area contributed by atoms with E-state index < -0.39 is 0 Å². The molecule has 1 amide bonds. The van der Waals surface area contributed by atoms with Crippen molar-refractivity contribution >= 4 is 28.2 Å². The number of carbonyl (C=O) groups excluding carboxylic acids is 1. The van der Waals surface area contributed by atoms with Gasteiger partial charge in [0, 0.05) is 25.2 Å². The number of carbonyl (C=O) groups is 1. The topological polar surface area (TPSA) is 97.3 Å². The molecule has 0 aliphatic carbocycles. The number of hydrogen-bond donors (Lipinski definition) is 3. The molecule has 0 bridgehead atoms. The molecule has 0 saturated carbocycles. The molecule has 1 saturated heterocycles. The second-order valence-electron chi connectivity index (χ2n) is 5.85. The van der Waals surface area contributed by atoms with E-state index >= 15 is 0 Å². The standard InChI is InChI=1S/C14H25N5OS/c1-4-8(2)9(3)17-13(20)11-12(16)18-14(21-11)19-6-5-10(15)7-19/h8-10H,4-7,15-16H2,1-3H3,(H,17,20). The number of amides is 1. The van der Waals surface area contributed by atoms with Crippen molar-refractivity contribution in [2.75, 3.05) is 23.7 Å². The van der Waals surface area contributed by atoms with E-state index in [1.165, 1.54) is 11.3 Å². The Labute approximate surface area is 129 Å². The quantitative estimate of drug-likeness (QED) is 0.764. The van der Waals surface area contributed by atoms with Gasteiger partial charge in [0.15, 0.2) is 5.13 Å². The highest BCUT2D eigenvalue weighted by Gasteiger charge is 2.25. The van der Waals surface area contributed by atoms with Gasteiger partial charge in [-0.25, -0.2) is 4.98 Å². The summed E-state index contributed by atoms with van der Waals surface area (Å²) in [6.45, 7) is 7.90. The van der Waals surface area contributed by atoms with Crippen molar-refractivity contribution < 1.29 is 4.79 Å². The van der Waals surface area contributed by atoms with Crippen LogP contribution in [0, 0.1) is 5.92 Å². The lowest BCUT2D eigenvalue weighted by molar-refractivity contribution is 0.0933. The molecule has 118 valence electrons. The van der Waals surface area contributed by atoms with Gasteiger partial charge in [0.05, 0.1) is 0 Å². The number of nitrogens with two attached hydrogens (primary N) is 2. The largest absolute Gasteiger partial charge is 0.382 e. The number of aromatic nitrogens is 1. The van der Waals surface area contributed by atoms with Gasteiger partial charge in [-0.2, -0.15) is 0 Å². The average Bonchev–Trinajstić information content (AvgIpc) is 3.03. The normalized spacial score (nSPS) is 21.3. The Hall–Kier alpha value is -1.34. The first-order chi connectivity index (χ1) is 9.92. The molecule has 0 radical (unpaired) electrons. The lowest BCUT2D eigenvalue weighted by Gasteiger charge is -2.19. The zero-order valence-corrected chi connectivity index (χ0v) is 13.7. The molecule has 1 aliphatic rings. The first kappa shape index (κ1) is 16.0. The lowest BCUT2D eigenvalue weighted by Crippen LogP contribution is -2.36. The van der Waals surface area contributed by atoms with Gasteiger partial charge in [0.1, 0.15) is 10.7 Å². The van der Waals surface area contributed by atoms with Gasteiger partial charge < -0.3 is 21.7 Å². The number of nitrogens with zero attached hydrogens (tertiary/aromatic N) is 2. The van der Waals surface area contributed by atoms with Gasteiger partial charge in [0.2, 0.25) is 0 Å². The second kappa shape index (κ2) is 6.62. The predicted molar refractivity (Wildman–Crippen MR) is 87.7 cm³/mol. The van der Waals surface area contributed by atoms with Crippen LogP contribution in [0.25, 0.3) is 0 Å². The number of nitrogen functional groups attached to an aromatic ring is 1. The summed E-state index contributed by atoms with van der Waals surface area (Å²) < 4.78 is 0. The van der Waals surface area contributed by atoms with E-state index in [0.29, 0.717) is 16.6 Å². The molecule has 5 N–H and O–H groups in total. The molecule has 7 heteroatoms. The Morgan fingerprint density at radius 3 is 2.86 bits per heavy atom. The first-order valence-electron chi connectivity index (χ1n) is 7.50. The molecule has 1 aromatic heterocycles. The molecular weight excluding hydrogens is 286 g/mol. The van der Waals surface area contributed by atoms with Crippen LogP contribution < -0.4 is 21.7 Å². The Balaban J connectivity index is 2.06. The van der Waals surface area contributed by atoms with E-state index in [1.807, 2.05) is 6.92 Å². The van der Waals surface area contributed by atoms with Crippen molar-refractivity contribution in [2.24, 2.45) is 11.7 Å². The maximum absolute atomic E-state index is 12.3. The fourth-order valence-corrected chi connectivity index (χ4v) is 3.27. The third-order valence-corrected chi connectivity index (χ3v) is 5.33. The highest BCUT2D eigenvalue weighted by atomic mass is 32.1. The summed E-state index contributed by atoms with van der Waals surface area (Å²) in [6, 6.07) is 0.297. The summed E-state index contributed by atoms with van der Waals surface area (Å²) in [7, 11) is 0. The third-order valence-electron chi connectivity index (χ3n) is 4.20. The Bertz CT molecular complexity index is 504. The number of rotatable bonds is 5. The maximum Gasteiger partial charge on any atom is 0.265 e. The molecular formula is C14H25N5OS. The van der Waals surface area contributed by atoms with E-state index in [9.17, 15) is 4.79 Å². The molecule has 1 aliphatic heterocycles. The van der Waals surface area contributed by atoms with Gasteiger partial charge >= 0.3 is 0 Å². The SMILES string of the molecule is CCC(C)C(C)NC(=O)c1sc(N2CCC(N)C2)nc1N. The fraction of sp³-hybridized carbons (Fsp3) is 0.714. The average molecular weight is 311 g/mol. The zero-order valence-electron chi connectivity index (χ0n) is 12.9. The van der Waals surface area contributed by atoms with Crippen molar-refractivity contribution in [3.05, 3.63) is 4.88 Å². The van der Waals surface area contributed by atoms with Crippen LogP contribution in [0.15, 0.2) is 0 Å². The molecule has 2 rings (SSSR count). The molecule has 0 spiro atoms. The summed E-state index contributed by atoms with van der Waals surface area (Å²) in [5.41, 5.74) is 11.8. The molecule has 6 nitrogen and oxygen atoms in total. The Kier molecular flexibility index (Phi) is 5.05. The van der Waals surface area contributed by atoms with Crippen LogP contribution in [-0.2, 0) is 0 Å². The van der Waals surface area contributed by atoms with Crippen molar-refractivity contribution in [1.29, 1.82) is 0 Å². The Morgan fingerprint density at radius 2 is 2.29 bits per heavy atom. The predicted octanol–water partition coefficient (Wildman–Crippen LogP) is 1.43. The van der Waals surface area contributed by atoms with Crippen LogP contribution in [0.5, 0.6) is 0 Å². The Morgan fingerprint density at radius 1 is 1.57 bits per heavy atom. The molecule has 21 heavy (non-hydrogen) atoms. The molecule has 1 fully saturated rings. The molecule has 2 heterocycles. The number of hydrogen-bond acceptors (Lipinski definition) is 6. The minimum absolute atomic E-state index is 0.118. The van der Waals surface area contributed by atoms with Gasteiger partial charge in [-0.3, -0.25) is 4.79 Å². The molecule has 0 aromatic carbocycles. The summed E-state index contributed by atoms with van der Waals surface area (Å²) in [5, 5.41) is 3.80. The van der Waals surface area contributed by atoms with Crippen molar-refractivity contribution in [3.63, 3.8) is 0 Å². The molecule has 3 unspecified atom stereocenters. The second-order valence-corrected chi connectivity index (χ2v) is 6.83. The summed E-state index contributed by atoms with van der Waals surface area (Å²) in [6.07, 6.45) is 1.97. The monoisotopic (exact) mass is 311 g/mol. The maximum atomic E-state index is 12.3. The fourth-order valence-electron chi connectivity index (χ4n) is 2.35. The summed E-state index contributed by atoms with van der Waals surface area (Å²) in [4.78, 5) is 19.2. The zero-order chi connectivity index (χ0) is 15.6. The van der Waals surface area contributed by atoms with E-state index in [-0.39, 0.29) is 18.0 Å². The van der Waals surface area contributed by atoms with E-state index in [2.05, 4.69) is 29.0 Å². The minimum atomic E-state index is -0.132. The van der Waals surface area contributed by atoms with Gasteiger partial charge in [-0.15, -0.1) is 0 Å². The van der Waals surface area contributed by atoms with Gasteiger partial charge in [-0.1, -0.05) is 31.6 Å². The highest BCUT2D eigenvalue weighted by Crippen LogP contribution is 2.30. The van der Waals surface area contributed by atoms with Crippen LogP contribution in [0.3, 0.4) is 0 Å². The lowest BCUT2D eigenvalue weighted by atomic mass is 10.0. The minimum Gasteiger partial charge on any atom is -0.382 e. The first-order valence-corrected chi connectivity index (χ1v) is 8.31.